The van der Waals surface area contributed by atoms with E-state index in [-0.39, 0.29) is 17.9 Å². The summed E-state index contributed by atoms with van der Waals surface area (Å²) in [5.74, 6) is -0.266. The average Bonchev–Trinajstić information content (AvgIpc) is 3.13. The van der Waals surface area contributed by atoms with Crippen LogP contribution >= 0.6 is 0 Å². The Bertz CT molecular complexity index is 740. The molecule has 0 spiro atoms. The van der Waals surface area contributed by atoms with Crippen LogP contribution in [0.4, 0.5) is 11.4 Å². The van der Waals surface area contributed by atoms with Gasteiger partial charge < -0.3 is 15.0 Å². The number of rotatable bonds is 5. The highest BCUT2D eigenvalue weighted by molar-refractivity contribution is 6.07. The maximum Gasteiger partial charge on any atom is 0.258 e. The van der Waals surface area contributed by atoms with Gasteiger partial charge in [0.1, 0.15) is 0 Å². The Morgan fingerprint density at radius 2 is 1.96 bits per heavy atom. The molecular formula is C20H22N2O3. The highest BCUT2D eigenvalue weighted by Crippen LogP contribution is 2.22. The van der Waals surface area contributed by atoms with E-state index in [2.05, 4.69) is 5.32 Å². The highest BCUT2D eigenvalue weighted by Gasteiger charge is 2.24. The van der Waals surface area contributed by atoms with Crippen LogP contribution in [0.25, 0.3) is 0 Å². The van der Waals surface area contributed by atoms with Crippen LogP contribution in [-0.4, -0.2) is 31.1 Å². The van der Waals surface area contributed by atoms with Gasteiger partial charge in [0, 0.05) is 30.5 Å². The number of amides is 2. The lowest BCUT2D eigenvalue weighted by Crippen LogP contribution is -2.37. The first-order valence-electron chi connectivity index (χ1n) is 8.49. The van der Waals surface area contributed by atoms with Gasteiger partial charge in [-0.05, 0) is 43.2 Å². The molecule has 1 heterocycles. The number of benzene rings is 2. The first-order valence-corrected chi connectivity index (χ1v) is 8.49. The standard InChI is InChI=1S/C20H22N2O3/c1-15(23)21-17-8-5-7-16(13-17)20(24)22(14-19-11-6-12-25-19)18-9-3-2-4-10-18/h2-5,7-10,13,19H,6,11-12,14H2,1H3,(H,21,23). The highest BCUT2D eigenvalue weighted by atomic mass is 16.5. The molecular weight excluding hydrogens is 316 g/mol. The molecule has 0 radical (unpaired) electrons. The third-order valence-electron chi connectivity index (χ3n) is 4.15. The fourth-order valence-corrected chi connectivity index (χ4v) is 2.99. The number of para-hydroxylation sites is 1. The molecule has 1 aliphatic heterocycles. The molecule has 3 rings (SSSR count). The smallest absolute Gasteiger partial charge is 0.258 e. The maximum atomic E-state index is 13.1. The summed E-state index contributed by atoms with van der Waals surface area (Å²) in [5, 5.41) is 2.72. The zero-order chi connectivity index (χ0) is 17.6. The lowest BCUT2D eigenvalue weighted by molar-refractivity contribution is -0.114. The van der Waals surface area contributed by atoms with Gasteiger partial charge in [0.2, 0.25) is 5.91 Å². The lowest BCUT2D eigenvalue weighted by Gasteiger charge is -2.26. The van der Waals surface area contributed by atoms with E-state index in [1.165, 1.54) is 6.92 Å². The third-order valence-corrected chi connectivity index (χ3v) is 4.15. The summed E-state index contributed by atoms with van der Waals surface area (Å²) >= 11 is 0. The molecule has 2 aromatic carbocycles. The summed E-state index contributed by atoms with van der Waals surface area (Å²) in [5.41, 5.74) is 1.99. The van der Waals surface area contributed by atoms with Crippen LogP contribution in [0.5, 0.6) is 0 Å². The predicted octanol–water partition coefficient (Wildman–Crippen LogP) is 3.47. The number of nitrogens with zero attached hydrogens (tertiary/aromatic N) is 1. The van der Waals surface area contributed by atoms with Crippen LogP contribution in [-0.2, 0) is 9.53 Å². The van der Waals surface area contributed by atoms with Crippen molar-refractivity contribution in [2.75, 3.05) is 23.4 Å². The van der Waals surface area contributed by atoms with E-state index in [0.717, 1.165) is 25.1 Å². The summed E-state index contributed by atoms with van der Waals surface area (Å²) in [4.78, 5) is 26.1. The second-order valence-corrected chi connectivity index (χ2v) is 6.15. The average molecular weight is 338 g/mol. The molecule has 2 amide bonds. The van der Waals surface area contributed by atoms with E-state index in [4.69, 9.17) is 4.74 Å². The Labute approximate surface area is 147 Å². The van der Waals surface area contributed by atoms with Gasteiger partial charge in [-0.3, -0.25) is 9.59 Å². The van der Waals surface area contributed by atoms with Gasteiger partial charge in [0.25, 0.3) is 5.91 Å². The fraction of sp³-hybridized carbons (Fsp3) is 0.300. The SMILES string of the molecule is CC(=O)Nc1cccc(C(=O)N(CC2CCCO2)c2ccccc2)c1. The number of anilines is 2. The van der Waals surface area contributed by atoms with Gasteiger partial charge in [-0.2, -0.15) is 0 Å². The number of carbonyl (C=O) groups is 2. The first kappa shape index (κ1) is 17.2. The molecule has 5 nitrogen and oxygen atoms in total. The molecule has 1 atom stereocenters. The van der Waals surface area contributed by atoms with Crippen molar-refractivity contribution in [3.63, 3.8) is 0 Å². The lowest BCUT2D eigenvalue weighted by atomic mass is 10.1. The number of ether oxygens (including phenoxy) is 1. The summed E-state index contributed by atoms with van der Waals surface area (Å²) in [6.45, 7) is 2.72. The van der Waals surface area contributed by atoms with Gasteiger partial charge in [-0.15, -0.1) is 0 Å². The van der Waals surface area contributed by atoms with Crippen LogP contribution in [0.2, 0.25) is 0 Å². The van der Waals surface area contributed by atoms with Crippen molar-refractivity contribution in [1.29, 1.82) is 0 Å². The molecule has 2 aromatic rings. The Morgan fingerprint density at radius 1 is 1.16 bits per heavy atom. The second kappa shape index (κ2) is 7.94. The van der Waals surface area contributed by atoms with Gasteiger partial charge in [-0.1, -0.05) is 24.3 Å². The van der Waals surface area contributed by atoms with Crippen LogP contribution in [0.1, 0.15) is 30.1 Å². The minimum Gasteiger partial charge on any atom is -0.376 e. The number of carbonyl (C=O) groups excluding carboxylic acids is 2. The zero-order valence-electron chi connectivity index (χ0n) is 14.3. The van der Waals surface area contributed by atoms with Crippen LogP contribution in [0.15, 0.2) is 54.6 Å². The van der Waals surface area contributed by atoms with Crippen molar-refractivity contribution < 1.29 is 14.3 Å². The molecule has 130 valence electrons. The van der Waals surface area contributed by atoms with E-state index in [9.17, 15) is 9.59 Å². The quantitative estimate of drug-likeness (QED) is 0.908. The molecule has 1 unspecified atom stereocenters. The monoisotopic (exact) mass is 338 g/mol. The van der Waals surface area contributed by atoms with E-state index in [1.54, 1.807) is 29.2 Å². The van der Waals surface area contributed by atoms with E-state index in [1.807, 2.05) is 30.3 Å². The molecule has 1 N–H and O–H groups in total. The number of hydrogen-bond donors (Lipinski definition) is 1. The topological polar surface area (TPSA) is 58.6 Å². The normalized spacial score (nSPS) is 16.4. The molecule has 25 heavy (non-hydrogen) atoms. The Hall–Kier alpha value is -2.66. The van der Waals surface area contributed by atoms with Gasteiger partial charge in [0.15, 0.2) is 0 Å². The minimum atomic E-state index is -0.163. The third kappa shape index (κ3) is 4.45. The van der Waals surface area contributed by atoms with Crippen molar-refractivity contribution >= 4 is 23.2 Å². The summed E-state index contributed by atoms with van der Waals surface area (Å²) in [6.07, 6.45) is 2.05. The van der Waals surface area contributed by atoms with E-state index < -0.39 is 0 Å². The molecule has 5 heteroatoms. The predicted molar refractivity (Wildman–Crippen MR) is 97.8 cm³/mol. The van der Waals surface area contributed by atoms with Gasteiger partial charge in [-0.25, -0.2) is 0 Å². The second-order valence-electron chi connectivity index (χ2n) is 6.15. The first-order chi connectivity index (χ1) is 12.1. The Balaban J connectivity index is 1.86. The van der Waals surface area contributed by atoms with E-state index in [0.29, 0.717) is 17.8 Å². The fourth-order valence-electron chi connectivity index (χ4n) is 2.99. The van der Waals surface area contributed by atoms with Crippen molar-refractivity contribution in [3.05, 3.63) is 60.2 Å². The molecule has 0 bridgehead atoms. The van der Waals surface area contributed by atoms with Crippen molar-refractivity contribution in [3.8, 4) is 0 Å². The van der Waals surface area contributed by atoms with Crippen molar-refractivity contribution in [2.24, 2.45) is 0 Å². The van der Waals surface area contributed by atoms with Crippen molar-refractivity contribution in [2.45, 2.75) is 25.9 Å². The van der Waals surface area contributed by atoms with Gasteiger partial charge >= 0.3 is 0 Å². The molecule has 1 aliphatic rings. The van der Waals surface area contributed by atoms with Crippen LogP contribution in [0, 0.1) is 0 Å². The molecule has 1 fully saturated rings. The van der Waals surface area contributed by atoms with Gasteiger partial charge in [0.05, 0.1) is 12.6 Å². The summed E-state index contributed by atoms with van der Waals surface area (Å²) in [7, 11) is 0. The Kier molecular flexibility index (Phi) is 5.46. The van der Waals surface area contributed by atoms with Crippen LogP contribution in [0.3, 0.4) is 0 Å². The van der Waals surface area contributed by atoms with Crippen molar-refractivity contribution in [1.82, 2.24) is 0 Å². The molecule has 0 saturated carbocycles. The van der Waals surface area contributed by atoms with E-state index >= 15 is 0 Å². The Morgan fingerprint density at radius 3 is 2.64 bits per heavy atom. The zero-order valence-corrected chi connectivity index (χ0v) is 14.3. The van der Waals surface area contributed by atoms with Crippen LogP contribution < -0.4 is 10.2 Å². The molecule has 0 aromatic heterocycles. The number of nitrogens with one attached hydrogen (secondary N) is 1. The summed E-state index contributed by atoms with van der Waals surface area (Å²) < 4.78 is 5.72. The molecule has 0 aliphatic carbocycles. The number of hydrogen-bond acceptors (Lipinski definition) is 3. The minimum absolute atomic E-state index is 0.0580. The summed E-state index contributed by atoms with van der Waals surface area (Å²) in [6, 6.07) is 16.6. The largest absolute Gasteiger partial charge is 0.376 e. The maximum absolute atomic E-state index is 13.1. The molecule has 1 saturated heterocycles.